The summed E-state index contributed by atoms with van der Waals surface area (Å²) in [4.78, 5) is 17.2. The number of amides is 1. The van der Waals surface area contributed by atoms with Crippen LogP contribution < -0.4 is 10.6 Å². The minimum Gasteiger partial charge on any atom is -0.352 e. The van der Waals surface area contributed by atoms with Gasteiger partial charge in [-0.2, -0.15) is 0 Å². The number of anilines is 1. The Morgan fingerprint density at radius 3 is 2.69 bits per heavy atom. The molecule has 1 saturated carbocycles. The number of aryl methyl sites for hydroxylation is 2. The number of nitrogens with one attached hydrogen (secondary N) is 2. The smallest absolute Gasteiger partial charge is 0.242 e. The molecule has 0 spiro atoms. The molecule has 1 unspecified atom stereocenters. The fourth-order valence-corrected chi connectivity index (χ4v) is 2.24. The molecule has 2 N–H and O–H groups in total. The number of rotatable bonds is 4. The highest BCUT2D eigenvalue weighted by Gasteiger charge is 2.25. The molecular weight excluding hydrogens is 222 g/mol. The molecule has 4 nitrogen and oxygen atoms in total. The number of thiazole rings is 1. The summed E-state index contributed by atoms with van der Waals surface area (Å²) in [5, 5.41) is 6.93. The topological polar surface area (TPSA) is 54.0 Å². The summed E-state index contributed by atoms with van der Waals surface area (Å²) in [6, 6.07) is 0.196. The fourth-order valence-electron chi connectivity index (χ4n) is 1.34. The van der Waals surface area contributed by atoms with Crippen LogP contribution in [0, 0.1) is 13.8 Å². The third kappa shape index (κ3) is 2.72. The van der Waals surface area contributed by atoms with Gasteiger partial charge < -0.3 is 10.6 Å². The lowest BCUT2D eigenvalue weighted by Gasteiger charge is -2.12. The van der Waals surface area contributed by atoms with Crippen molar-refractivity contribution in [3.8, 4) is 0 Å². The second-order valence-corrected chi connectivity index (χ2v) is 5.51. The number of hydrogen-bond acceptors (Lipinski definition) is 4. The Balaban J connectivity index is 1.90. The molecule has 1 atom stereocenters. The van der Waals surface area contributed by atoms with E-state index < -0.39 is 0 Å². The first-order valence-electron chi connectivity index (χ1n) is 5.57. The van der Waals surface area contributed by atoms with E-state index in [9.17, 15) is 4.79 Å². The summed E-state index contributed by atoms with van der Waals surface area (Å²) in [6.45, 7) is 5.88. The molecule has 1 aliphatic carbocycles. The average molecular weight is 239 g/mol. The highest BCUT2D eigenvalue weighted by Crippen LogP contribution is 2.22. The molecular formula is C11H17N3OS. The summed E-state index contributed by atoms with van der Waals surface area (Å²) in [6.07, 6.45) is 2.24. The van der Waals surface area contributed by atoms with Crippen LogP contribution in [0.2, 0.25) is 0 Å². The van der Waals surface area contributed by atoms with Gasteiger partial charge in [-0.05, 0) is 33.6 Å². The second-order valence-electron chi connectivity index (χ2n) is 4.31. The van der Waals surface area contributed by atoms with Gasteiger partial charge in [0.25, 0.3) is 0 Å². The van der Waals surface area contributed by atoms with Crippen LogP contribution in [0.25, 0.3) is 0 Å². The number of aromatic nitrogens is 1. The van der Waals surface area contributed by atoms with E-state index in [-0.39, 0.29) is 11.9 Å². The van der Waals surface area contributed by atoms with E-state index >= 15 is 0 Å². The van der Waals surface area contributed by atoms with Crippen molar-refractivity contribution in [3.63, 3.8) is 0 Å². The van der Waals surface area contributed by atoms with Gasteiger partial charge in [-0.15, -0.1) is 11.3 Å². The summed E-state index contributed by atoms with van der Waals surface area (Å²) in [5.41, 5.74) is 1.03. The summed E-state index contributed by atoms with van der Waals surface area (Å²) in [7, 11) is 0. The fraction of sp³-hybridized carbons (Fsp3) is 0.636. The Morgan fingerprint density at radius 2 is 2.19 bits per heavy atom. The maximum atomic E-state index is 11.7. The van der Waals surface area contributed by atoms with Crippen LogP contribution in [0.3, 0.4) is 0 Å². The van der Waals surface area contributed by atoms with Crippen molar-refractivity contribution in [1.29, 1.82) is 0 Å². The van der Waals surface area contributed by atoms with E-state index in [0.29, 0.717) is 6.04 Å². The number of carbonyl (C=O) groups is 1. The second kappa shape index (κ2) is 4.41. The van der Waals surface area contributed by atoms with Gasteiger partial charge in [0.1, 0.15) is 6.04 Å². The van der Waals surface area contributed by atoms with Crippen LogP contribution in [0.1, 0.15) is 30.3 Å². The summed E-state index contributed by atoms with van der Waals surface area (Å²) in [5.74, 6) is 0.0630. The molecule has 0 bridgehead atoms. The highest BCUT2D eigenvalue weighted by molar-refractivity contribution is 7.15. The van der Waals surface area contributed by atoms with Gasteiger partial charge in [-0.1, -0.05) is 0 Å². The van der Waals surface area contributed by atoms with Crippen molar-refractivity contribution in [2.75, 3.05) is 5.32 Å². The molecule has 1 heterocycles. The quantitative estimate of drug-likeness (QED) is 0.843. The first-order valence-corrected chi connectivity index (χ1v) is 6.39. The lowest BCUT2D eigenvalue weighted by Crippen LogP contribution is -2.38. The van der Waals surface area contributed by atoms with Crippen molar-refractivity contribution in [3.05, 3.63) is 10.6 Å². The van der Waals surface area contributed by atoms with Gasteiger partial charge in [-0.25, -0.2) is 4.98 Å². The predicted molar refractivity (Wildman–Crippen MR) is 65.8 cm³/mol. The molecule has 1 aromatic rings. The molecule has 0 aliphatic heterocycles. The van der Waals surface area contributed by atoms with Crippen molar-refractivity contribution in [1.82, 2.24) is 10.3 Å². The van der Waals surface area contributed by atoms with E-state index in [4.69, 9.17) is 0 Å². The first kappa shape index (κ1) is 11.4. The van der Waals surface area contributed by atoms with E-state index in [1.807, 2.05) is 20.8 Å². The van der Waals surface area contributed by atoms with Crippen molar-refractivity contribution < 1.29 is 4.79 Å². The Morgan fingerprint density at radius 1 is 1.50 bits per heavy atom. The molecule has 1 aliphatic rings. The molecule has 2 rings (SSSR count). The maximum absolute atomic E-state index is 11.7. The number of hydrogen-bond donors (Lipinski definition) is 2. The Kier molecular flexibility index (Phi) is 3.14. The molecule has 0 radical (unpaired) electrons. The monoisotopic (exact) mass is 239 g/mol. The third-order valence-electron chi connectivity index (χ3n) is 2.69. The molecule has 1 aromatic heterocycles. The van der Waals surface area contributed by atoms with E-state index in [1.165, 1.54) is 4.88 Å². The normalized spacial score (nSPS) is 16.9. The molecule has 5 heteroatoms. The highest BCUT2D eigenvalue weighted by atomic mass is 32.1. The zero-order chi connectivity index (χ0) is 11.7. The van der Waals surface area contributed by atoms with Crippen LogP contribution in [0.15, 0.2) is 0 Å². The Hall–Kier alpha value is -1.10. The Labute approximate surface area is 99.5 Å². The van der Waals surface area contributed by atoms with Gasteiger partial charge in [0, 0.05) is 10.9 Å². The lowest BCUT2D eigenvalue weighted by molar-refractivity contribution is -0.121. The number of nitrogens with zero attached hydrogens (tertiary/aromatic N) is 1. The van der Waals surface area contributed by atoms with Gasteiger partial charge in [-0.3, -0.25) is 4.79 Å². The van der Waals surface area contributed by atoms with Crippen molar-refractivity contribution in [2.24, 2.45) is 0 Å². The molecule has 0 saturated heterocycles. The molecule has 88 valence electrons. The predicted octanol–water partition coefficient (Wildman–Crippen LogP) is 1.84. The first-order chi connectivity index (χ1) is 7.56. The molecule has 1 amide bonds. The molecule has 0 aromatic carbocycles. The van der Waals surface area contributed by atoms with Gasteiger partial charge in [0.05, 0.1) is 5.69 Å². The van der Waals surface area contributed by atoms with Crippen molar-refractivity contribution in [2.45, 2.75) is 45.7 Å². The summed E-state index contributed by atoms with van der Waals surface area (Å²) >= 11 is 1.59. The SMILES string of the molecule is Cc1nc(NC(C)C(=O)NC2CC2)sc1C. The van der Waals surface area contributed by atoms with Crippen LogP contribution in [0.5, 0.6) is 0 Å². The zero-order valence-electron chi connectivity index (χ0n) is 9.83. The van der Waals surface area contributed by atoms with Crippen LogP contribution in [0.4, 0.5) is 5.13 Å². The zero-order valence-corrected chi connectivity index (χ0v) is 10.6. The van der Waals surface area contributed by atoms with Gasteiger partial charge in [0.2, 0.25) is 5.91 Å². The average Bonchev–Trinajstić information content (AvgIpc) is 2.95. The van der Waals surface area contributed by atoms with Crippen LogP contribution in [-0.2, 0) is 4.79 Å². The Bertz CT molecular complexity index is 378. The van der Waals surface area contributed by atoms with Crippen molar-refractivity contribution >= 4 is 22.4 Å². The van der Waals surface area contributed by atoms with E-state index in [2.05, 4.69) is 15.6 Å². The largest absolute Gasteiger partial charge is 0.352 e. The third-order valence-corrected chi connectivity index (χ3v) is 3.69. The lowest BCUT2D eigenvalue weighted by atomic mass is 10.3. The molecule has 1 fully saturated rings. The number of carbonyl (C=O) groups excluding carboxylic acids is 1. The minimum absolute atomic E-state index is 0.0630. The van der Waals surface area contributed by atoms with Crippen LogP contribution in [-0.4, -0.2) is 23.0 Å². The summed E-state index contributed by atoms with van der Waals surface area (Å²) < 4.78 is 0. The standard InChI is InChI=1S/C11H17N3OS/c1-6-8(3)16-11(12-6)13-7(2)10(15)14-9-4-5-9/h7,9H,4-5H2,1-3H3,(H,12,13)(H,14,15). The molecule has 16 heavy (non-hydrogen) atoms. The maximum Gasteiger partial charge on any atom is 0.242 e. The van der Waals surface area contributed by atoms with Crippen LogP contribution >= 0.6 is 11.3 Å². The minimum atomic E-state index is -0.217. The van der Waals surface area contributed by atoms with E-state index in [1.54, 1.807) is 11.3 Å². The van der Waals surface area contributed by atoms with E-state index in [0.717, 1.165) is 23.7 Å². The van der Waals surface area contributed by atoms with Gasteiger partial charge >= 0.3 is 0 Å². The van der Waals surface area contributed by atoms with Gasteiger partial charge in [0.15, 0.2) is 5.13 Å².